The van der Waals surface area contributed by atoms with Gasteiger partial charge in [-0.1, -0.05) is 0 Å². The van der Waals surface area contributed by atoms with Crippen LogP contribution in [0.5, 0.6) is 0 Å². The smallest absolute Gasteiger partial charge is 0.0959 e. The Morgan fingerprint density at radius 1 is 1.38 bits per heavy atom. The molecular weight excluding hydrogens is 180 g/mol. The summed E-state index contributed by atoms with van der Waals surface area (Å²) in [5.74, 6) is 0.693. The van der Waals surface area contributed by atoms with Gasteiger partial charge in [-0.25, -0.2) is 4.98 Å². The Labute approximate surface area is 83.2 Å². The lowest BCUT2D eigenvalue weighted by molar-refractivity contribution is 0.394. The second kappa shape index (κ2) is 3.76. The molecule has 1 aliphatic rings. The molecule has 0 radical (unpaired) electrons. The van der Waals surface area contributed by atoms with Gasteiger partial charge in [0, 0.05) is 23.0 Å². The Balaban J connectivity index is 2.02. The number of nitrogens with two attached hydrogens (primary N) is 1. The van der Waals surface area contributed by atoms with Crippen LogP contribution in [0.1, 0.15) is 42.3 Å². The zero-order valence-corrected chi connectivity index (χ0v) is 8.81. The van der Waals surface area contributed by atoms with Gasteiger partial charge in [0.05, 0.1) is 5.01 Å². The van der Waals surface area contributed by atoms with E-state index in [1.807, 2.05) is 0 Å². The minimum Gasteiger partial charge on any atom is -0.328 e. The summed E-state index contributed by atoms with van der Waals surface area (Å²) in [7, 11) is 0. The van der Waals surface area contributed by atoms with E-state index in [0.29, 0.717) is 12.0 Å². The van der Waals surface area contributed by atoms with Crippen molar-refractivity contribution in [3.05, 3.63) is 16.1 Å². The fourth-order valence-corrected chi connectivity index (χ4v) is 2.89. The molecule has 0 spiro atoms. The minimum absolute atomic E-state index is 0.442. The first-order valence-electron chi connectivity index (χ1n) is 4.93. The van der Waals surface area contributed by atoms with Crippen LogP contribution in [-0.2, 0) is 0 Å². The van der Waals surface area contributed by atoms with Crippen LogP contribution in [0.4, 0.5) is 0 Å². The Morgan fingerprint density at radius 3 is 2.62 bits per heavy atom. The second-order valence-corrected chi connectivity index (χ2v) is 4.83. The van der Waals surface area contributed by atoms with Crippen molar-refractivity contribution in [2.75, 3.05) is 0 Å². The summed E-state index contributed by atoms with van der Waals surface area (Å²) in [6.07, 6.45) is 4.80. The molecule has 0 atom stereocenters. The molecule has 0 aliphatic heterocycles. The van der Waals surface area contributed by atoms with E-state index in [0.717, 1.165) is 5.69 Å². The van der Waals surface area contributed by atoms with Crippen LogP contribution in [-0.4, -0.2) is 11.0 Å². The molecule has 3 heteroatoms. The van der Waals surface area contributed by atoms with E-state index in [1.165, 1.54) is 30.7 Å². The largest absolute Gasteiger partial charge is 0.328 e. The van der Waals surface area contributed by atoms with Crippen LogP contribution in [0.25, 0.3) is 0 Å². The molecule has 1 heterocycles. The average Bonchev–Trinajstić information content (AvgIpc) is 2.53. The Bertz CT molecular complexity index is 274. The van der Waals surface area contributed by atoms with Gasteiger partial charge in [0.1, 0.15) is 0 Å². The highest BCUT2D eigenvalue weighted by molar-refractivity contribution is 7.09. The molecule has 0 unspecified atom stereocenters. The van der Waals surface area contributed by atoms with Crippen LogP contribution in [0.2, 0.25) is 0 Å². The monoisotopic (exact) mass is 196 g/mol. The number of aromatic nitrogens is 1. The van der Waals surface area contributed by atoms with Crippen molar-refractivity contribution < 1.29 is 0 Å². The quantitative estimate of drug-likeness (QED) is 0.749. The van der Waals surface area contributed by atoms with Gasteiger partial charge in [0.15, 0.2) is 0 Å². The molecule has 0 saturated heterocycles. The lowest BCUT2D eigenvalue weighted by atomic mass is 9.87. The van der Waals surface area contributed by atoms with Crippen molar-refractivity contribution in [1.82, 2.24) is 4.98 Å². The lowest BCUT2D eigenvalue weighted by Gasteiger charge is -2.24. The molecular formula is C10H16N2S. The second-order valence-electron chi connectivity index (χ2n) is 3.94. The van der Waals surface area contributed by atoms with Crippen molar-refractivity contribution in [3.63, 3.8) is 0 Å². The molecule has 2 N–H and O–H groups in total. The number of thiazole rings is 1. The predicted molar refractivity (Wildman–Crippen MR) is 56.0 cm³/mol. The third-order valence-corrected chi connectivity index (χ3v) is 3.88. The number of nitrogens with zero attached hydrogens (tertiary/aromatic N) is 1. The Morgan fingerprint density at radius 2 is 2.08 bits per heavy atom. The Kier molecular flexibility index (Phi) is 2.65. The van der Waals surface area contributed by atoms with E-state index in [2.05, 4.69) is 17.3 Å². The summed E-state index contributed by atoms with van der Waals surface area (Å²) in [4.78, 5) is 4.54. The summed E-state index contributed by atoms with van der Waals surface area (Å²) < 4.78 is 0. The van der Waals surface area contributed by atoms with Gasteiger partial charge in [-0.15, -0.1) is 11.3 Å². The number of hydrogen-bond donors (Lipinski definition) is 1. The summed E-state index contributed by atoms with van der Waals surface area (Å²) >= 11 is 1.81. The number of aryl methyl sites for hydroxylation is 1. The van der Waals surface area contributed by atoms with Crippen LogP contribution in [0.3, 0.4) is 0 Å². The van der Waals surface area contributed by atoms with Crippen LogP contribution in [0.15, 0.2) is 5.38 Å². The number of hydrogen-bond acceptors (Lipinski definition) is 3. The van der Waals surface area contributed by atoms with Gasteiger partial charge in [-0.2, -0.15) is 0 Å². The number of rotatable bonds is 1. The zero-order valence-electron chi connectivity index (χ0n) is 7.99. The predicted octanol–water partition coefficient (Wildman–Crippen LogP) is 2.44. The van der Waals surface area contributed by atoms with E-state index in [9.17, 15) is 0 Å². The Hall–Kier alpha value is -0.410. The first kappa shape index (κ1) is 9.16. The molecule has 2 nitrogen and oxygen atoms in total. The zero-order chi connectivity index (χ0) is 9.26. The summed E-state index contributed by atoms with van der Waals surface area (Å²) in [5, 5.41) is 3.47. The molecule has 1 saturated carbocycles. The van der Waals surface area contributed by atoms with Gasteiger partial charge < -0.3 is 5.73 Å². The molecule has 1 aromatic heterocycles. The molecule has 0 aromatic carbocycles. The molecule has 0 amide bonds. The van der Waals surface area contributed by atoms with E-state index < -0.39 is 0 Å². The van der Waals surface area contributed by atoms with Crippen molar-refractivity contribution in [3.8, 4) is 0 Å². The maximum Gasteiger partial charge on any atom is 0.0959 e. The van der Waals surface area contributed by atoms with Crippen molar-refractivity contribution in [1.29, 1.82) is 0 Å². The van der Waals surface area contributed by atoms with Crippen molar-refractivity contribution in [2.24, 2.45) is 5.73 Å². The van der Waals surface area contributed by atoms with Crippen LogP contribution >= 0.6 is 11.3 Å². The van der Waals surface area contributed by atoms with E-state index >= 15 is 0 Å². The lowest BCUT2D eigenvalue weighted by Crippen LogP contribution is -2.25. The first-order chi connectivity index (χ1) is 6.25. The standard InChI is InChI=1S/C10H16N2S/c1-7-6-13-10(12-7)8-2-4-9(11)5-3-8/h6,8-9H,2-5,11H2,1H3. The SMILES string of the molecule is Cc1csc(C2CCC(N)CC2)n1. The maximum absolute atomic E-state index is 5.86. The fraction of sp³-hybridized carbons (Fsp3) is 0.700. The van der Waals surface area contributed by atoms with Crippen molar-refractivity contribution >= 4 is 11.3 Å². The molecule has 0 bridgehead atoms. The molecule has 2 rings (SSSR count). The van der Waals surface area contributed by atoms with Gasteiger partial charge in [0.25, 0.3) is 0 Å². The average molecular weight is 196 g/mol. The highest BCUT2D eigenvalue weighted by Gasteiger charge is 2.21. The normalized spacial score (nSPS) is 29.1. The molecule has 13 heavy (non-hydrogen) atoms. The van der Waals surface area contributed by atoms with Crippen LogP contribution < -0.4 is 5.73 Å². The highest BCUT2D eigenvalue weighted by atomic mass is 32.1. The van der Waals surface area contributed by atoms with Gasteiger partial charge in [-0.3, -0.25) is 0 Å². The van der Waals surface area contributed by atoms with E-state index in [-0.39, 0.29) is 0 Å². The molecule has 1 aromatic rings. The minimum atomic E-state index is 0.442. The van der Waals surface area contributed by atoms with Gasteiger partial charge in [0.2, 0.25) is 0 Å². The van der Waals surface area contributed by atoms with Crippen LogP contribution in [0, 0.1) is 6.92 Å². The third kappa shape index (κ3) is 2.09. The molecule has 1 fully saturated rings. The maximum atomic E-state index is 5.86. The van der Waals surface area contributed by atoms with E-state index in [4.69, 9.17) is 5.73 Å². The first-order valence-corrected chi connectivity index (χ1v) is 5.81. The third-order valence-electron chi connectivity index (χ3n) is 2.76. The van der Waals surface area contributed by atoms with Gasteiger partial charge >= 0.3 is 0 Å². The highest BCUT2D eigenvalue weighted by Crippen LogP contribution is 2.33. The fourth-order valence-electron chi connectivity index (χ4n) is 1.93. The van der Waals surface area contributed by atoms with E-state index in [1.54, 1.807) is 11.3 Å². The van der Waals surface area contributed by atoms with Gasteiger partial charge in [-0.05, 0) is 32.6 Å². The summed E-state index contributed by atoms with van der Waals surface area (Å²) in [6, 6.07) is 0.442. The van der Waals surface area contributed by atoms with Crippen molar-refractivity contribution in [2.45, 2.75) is 44.6 Å². The molecule has 1 aliphatic carbocycles. The summed E-state index contributed by atoms with van der Waals surface area (Å²) in [5.41, 5.74) is 7.03. The molecule has 72 valence electrons. The summed E-state index contributed by atoms with van der Waals surface area (Å²) in [6.45, 7) is 2.06. The topological polar surface area (TPSA) is 38.9 Å².